The Morgan fingerprint density at radius 2 is 1.55 bits per heavy atom. The summed E-state index contributed by atoms with van der Waals surface area (Å²) < 4.78 is 17.3. The summed E-state index contributed by atoms with van der Waals surface area (Å²) >= 11 is 0. The van der Waals surface area contributed by atoms with Crippen LogP contribution < -0.4 is 42.2 Å². The highest BCUT2D eigenvalue weighted by Crippen LogP contribution is 2.39. The molecule has 1 amide bonds. The Hall–Kier alpha value is -6.74. The van der Waals surface area contributed by atoms with E-state index in [1.165, 1.54) is 21.2 Å². The molecule has 8 N–H and O–H groups in total. The van der Waals surface area contributed by atoms with E-state index >= 15 is 0 Å². The molecule has 0 bridgehead atoms. The number of nitrogens with one attached hydrogen (secondary N) is 2. The van der Waals surface area contributed by atoms with Crippen molar-refractivity contribution in [3.63, 3.8) is 0 Å². The second kappa shape index (κ2) is 28.3. The number of aliphatic imine (C=N–C) groups is 1. The summed E-state index contributed by atoms with van der Waals surface area (Å²) in [6.07, 6.45) is 9.13. The van der Waals surface area contributed by atoms with Crippen LogP contribution in [-0.2, 0) is 19.6 Å². The van der Waals surface area contributed by atoms with Crippen LogP contribution >= 0.6 is 0 Å². The number of carbonyl (C=O) groups is 4. The van der Waals surface area contributed by atoms with Crippen molar-refractivity contribution in [2.24, 2.45) is 22.2 Å². The lowest BCUT2D eigenvalue weighted by Gasteiger charge is -2.29. The lowest BCUT2D eigenvalue weighted by molar-refractivity contribution is 0.0942. The number of likely N-dealkylation sites (tertiary alicyclic amines) is 1. The first-order valence-corrected chi connectivity index (χ1v) is 22.3. The molecule has 67 heavy (non-hydrogen) atoms. The molecule has 0 unspecified atom stereocenters. The molecule has 1 aliphatic rings. The molecule has 20 heteroatoms. The van der Waals surface area contributed by atoms with Gasteiger partial charge in [-0.2, -0.15) is 10.2 Å². The number of hydrogen-bond acceptors (Lipinski definition) is 16. The minimum absolute atomic E-state index is 0.0862. The SMILES string of the molecule is C=Nc1cc(C=O)cc(OC)c1N(C/C=C/Cn1c(NC)nc2cc(C=O)cc(OCCCN3CCC(N)CC3)c21)CNC(=O)c1cc(C)nn1CC.CCn1nc(C)cc1C=O.CN.CN. The molecule has 0 atom stereocenters. The second-order valence-electron chi connectivity index (χ2n) is 15.0. The van der Waals surface area contributed by atoms with Crippen molar-refractivity contribution < 1.29 is 28.7 Å². The van der Waals surface area contributed by atoms with E-state index in [-0.39, 0.29) is 18.6 Å². The molecule has 1 aliphatic heterocycles. The number of nitrogens with zero attached hydrogens (tertiary/aromatic N) is 9. The van der Waals surface area contributed by atoms with Gasteiger partial charge in [-0.05, 0) is 117 Å². The standard InChI is InChI=1S/C38H50N10O5.C7H10N2O.2CH5N/c1-6-48-32(18-26(2)44-48)37(51)42-25-46(35-30(40-3)19-27(23-49)21-33(35)52-5)13-7-8-14-47-36-31(43-38(47)41-4)20-28(24-50)22-34(36)53-17-9-12-45-15-10-29(39)11-16-45;1-3-9-7(5-10)4-6(2)8-9;2*1-2/h7-8,18-24,29H,3,6,9-17,25,39H2,1-2,4-5H3,(H,41,43)(H,42,51);4-5H,3H2,1-2H3;2*2H2,1H3/b8-7+;;;. The molecule has 364 valence electrons. The molecule has 0 radical (unpaired) electrons. The smallest absolute Gasteiger partial charge is 0.270 e. The van der Waals surface area contributed by atoms with Crippen LogP contribution in [0.1, 0.15) is 86.2 Å². The van der Waals surface area contributed by atoms with Crippen LogP contribution in [0.2, 0.25) is 0 Å². The molecule has 2 aromatic carbocycles. The molecule has 1 fully saturated rings. The lowest BCUT2D eigenvalue weighted by atomic mass is 10.1. The van der Waals surface area contributed by atoms with E-state index in [9.17, 15) is 19.2 Å². The van der Waals surface area contributed by atoms with E-state index in [1.54, 1.807) is 52.8 Å². The quantitative estimate of drug-likeness (QED) is 0.0225. The van der Waals surface area contributed by atoms with Gasteiger partial charge in [0.25, 0.3) is 5.91 Å². The van der Waals surface area contributed by atoms with E-state index in [0.29, 0.717) is 83.1 Å². The molecule has 4 heterocycles. The van der Waals surface area contributed by atoms with Crippen molar-refractivity contribution in [2.45, 2.75) is 72.6 Å². The number of hydrogen-bond donors (Lipinski definition) is 5. The summed E-state index contributed by atoms with van der Waals surface area (Å²) in [7, 11) is 6.31. The number of piperidine rings is 1. The zero-order valence-corrected chi connectivity index (χ0v) is 40.3. The first-order valence-electron chi connectivity index (χ1n) is 22.3. The Labute approximate surface area is 393 Å². The van der Waals surface area contributed by atoms with Gasteiger partial charge in [-0.25, -0.2) is 4.98 Å². The Balaban J connectivity index is 0.000000738. The third kappa shape index (κ3) is 14.9. The van der Waals surface area contributed by atoms with Crippen LogP contribution in [0.3, 0.4) is 0 Å². The normalized spacial score (nSPS) is 12.5. The molecule has 20 nitrogen and oxygen atoms in total. The molecular weight excluding hydrogens is 857 g/mol. The maximum atomic E-state index is 13.3. The van der Waals surface area contributed by atoms with Gasteiger partial charge in [-0.3, -0.25) is 33.5 Å². The molecule has 6 rings (SSSR count). The van der Waals surface area contributed by atoms with Crippen molar-refractivity contribution >= 4 is 59.8 Å². The van der Waals surface area contributed by atoms with E-state index < -0.39 is 0 Å². The largest absolute Gasteiger partial charge is 0.494 e. The van der Waals surface area contributed by atoms with Crippen LogP contribution in [0.25, 0.3) is 11.0 Å². The number of aromatic nitrogens is 6. The number of fused-ring (bicyclic) bond motifs is 1. The number of allylic oxidation sites excluding steroid dienone is 1. The number of methoxy groups -OCH3 is 1. The van der Waals surface area contributed by atoms with E-state index in [0.717, 1.165) is 81.2 Å². The number of benzene rings is 2. The second-order valence-corrected chi connectivity index (χ2v) is 15.0. The van der Waals surface area contributed by atoms with Gasteiger partial charge in [0.2, 0.25) is 5.95 Å². The van der Waals surface area contributed by atoms with Crippen LogP contribution in [0.5, 0.6) is 11.5 Å². The summed E-state index contributed by atoms with van der Waals surface area (Å²) in [5.41, 5.74) is 21.1. The molecule has 5 aromatic rings. The highest BCUT2D eigenvalue weighted by atomic mass is 16.5. The van der Waals surface area contributed by atoms with Gasteiger partial charge in [0.15, 0.2) is 6.29 Å². The number of aryl methyl sites for hydroxylation is 4. The molecule has 0 aliphatic carbocycles. The van der Waals surface area contributed by atoms with Crippen LogP contribution in [0.15, 0.2) is 53.5 Å². The molecule has 1 saturated heterocycles. The average molecular weight is 927 g/mol. The fraction of sp³-hybridized carbons (Fsp3) is 0.447. The van der Waals surface area contributed by atoms with Crippen molar-refractivity contribution in [3.8, 4) is 11.5 Å². The van der Waals surface area contributed by atoms with Gasteiger partial charge >= 0.3 is 0 Å². The van der Waals surface area contributed by atoms with Gasteiger partial charge in [0.05, 0.1) is 43.0 Å². The maximum absolute atomic E-state index is 13.3. The summed E-state index contributed by atoms with van der Waals surface area (Å²) in [6.45, 7) is 16.8. The third-order valence-corrected chi connectivity index (χ3v) is 10.6. The molecular formula is C47H70N14O6. The van der Waals surface area contributed by atoms with Gasteiger partial charge in [-0.15, -0.1) is 0 Å². The van der Waals surface area contributed by atoms with Gasteiger partial charge in [0.1, 0.15) is 46.7 Å². The van der Waals surface area contributed by atoms with Crippen LogP contribution in [-0.4, -0.2) is 139 Å². The fourth-order valence-electron chi connectivity index (χ4n) is 7.48. The number of imidazole rings is 1. The highest BCUT2D eigenvalue weighted by molar-refractivity contribution is 5.93. The van der Waals surface area contributed by atoms with Crippen molar-refractivity contribution in [1.82, 2.24) is 39.3 Å². The van der Waals surface area contributed by atoms with Crippen molar-refractivity contribution in [2.75, 3.05) is 77.9 Å². The third-order valence-electron chi connectivity index (χ3n) is 10.6. The topological polar surface area (TPSA) is 261 Å². The maximum Gasteiger partial charge on any atom is 0.270 e. The van der Waals surface area contributed by atoms with Crippen LogP contribution in [0.4, 0.5) is 17.3 Å². The number of carbonyl (C=O) groups excluding carboxylic acids is 4. The Morgan fingerprint density at radius 3 is 2.15 bits per heavy atom. The summed E-state index contributed by atoms with van der Waals surface area (Å²) in [5.74, 6) is 1.31. The van der Waals surface area contributed by atoms with Crippen molar-refractivity contribution in [3.05, 3.63) is 82.5 Å². The Morgan fingerprint density at radius 1 is 0.910 bits per heavy atom. The predicted octanol–water partition coefficient (Wildman–Crippen LogP) is 4.38. The zero-order chi connectivity index (χ0) is 49.5. The fourth-order valence-corrected chi connectivity index (χ4v) is 7.48. The number of amides is 1. The summed E-state index contributed by atoms with van der Waals surface area (Å²) in [4.78, 5) is 60.4. The summed E-state index contributed by atoms with van der Waals surface area (Å²) in [5, 5.41) is 14.7. The Kier molecular flexibility index (Phi) is 23.1. The highest BCUT2D eigenvalue weighted by Gasteiger charge is 2.21. The van der Waals surface area contributed by atoms with Gasteiger partial charge < -0.3 is 51.7 Å². The Bertz CT molecular complexity index is 2400. The first-order chi connectivity index (χ1) is 32.5. The molecule has 0 spiro atoms. The number of rotatable bonds is 21. The number of nitrogens with two attached hydrogens (primary N) is 3. The zero-order valence-electron chi connectivity index (χ0n) is 40.3. The van der Waals surface area contributed by atoms with Crippen LogP contribution in [0, 0.1) is 13.8 Å². The predicted molar refractivity (Wildman–Crippen MR) is 266 cm³/mol. The van der Waals surface area contributed by atoms with E-state index in [1.807, 2.05) is 49.3 Å². The van der Waals surface area contributed by atoms with E-state index in [2.05, 4.69) is 48.9 Å². The monoisotopic (exact) mass is 927 g/mol. The molecule has 0 saturated carbocycles. The number of aldehydes is 3. The van der Waals surface area contributed by atoms with E-state index in [4.69, 9.17) is 20.2 Å². The minimum atomic E-state index is -0.288. The van der Waals surface area contributed by atoms with Crippen molar-refractivity contribution in [1.29, 1.82) is 0 Å². The average Bonchev–Trinajstić information content (AvgIpc) is 4.06. The first kappa shape index (κ1) is 54.6. The lowest BCUT2D eigenvalue weighted by Crippen LogP contribution is -2.40. The van der Waals surface area contributed by atoms with Gasteiger partial charge in [0, 0.05) is 56.9 Å². The van der Waals surface area contributed by atoms with Gasteiger partial charge in [-0.1, -0.05) is 12.2 Å². The summed E-state index contributed by atoms with van der Waals surface area (Å²) in [6, 6.07) is 10.6. The number of ether oxygens (including phenoxy) is 2. The molecule has 3 aromatic heterocycles. The number of anilines is 2. The minimum Gasteiger partial charge on any atom is -0.494 e.